The first kappa shape index (κ1) is 12.0. The predicted molar refractivity (Wildman–Crippen MR) is 60.4 cm³/mol. The SMILES string of the molecule is CN(CC(C)(C)C)CC1(O)CCCC1. The maximum atomic E-state index is 10.2. The molecule has 0 heterocycles. The first-order valence-electron chi connectivity index (χ1n) is 5.72. The highest BCUT2D eigenvalue weighted by molar-refractivity contribution is 4.87. The van der Waals surface area contributed by atoms with E-state index in [0.717, 1.165) is 25.9 Å². The highest BCUT2D eigenvalue weighted by Gasteiger charge is 2.32. The molecule has 0 spiro atoms. The number of rotatable bonds is 3. The van der Waals surface area contributed by atoms with Gasteiger partial charge in [-0.1, -0.05) is 33.6 Å². The van der Waals surface area contributed by atoms with Crippen molar-refractivity contribution in [2.75, 3.05) is 20.1 Å². The molecule has 1 N–H and O–H groups in total. The molecule has 0 aromatic heterocycles. The molecule has 0 bridgehead atoms. The van der Waals surface area contributed by atoms with E-state index >= 15 is 0 Å². The number of hydrogen-bond acceptors (Lipinski definition) is 2. The van der Waals surface area contributed by atoms with Crippen molar-refractivity contribution in [1.82, 2.24) is 4.90 Å². The minimum atomic E-state index is -0.389. The molecule has 0 saturated heterocycles. The third-order valence-electron chi connectivity index (χ3n) is 2.84. The number of nitrogens with zero attached hydrogens (tertiary/aromatic N) is 1. The van der Waals surface area contributed by atoms with Crippen LogP contribution in [0.15, 0.2) is 0 Å². The van der Waals surface area contributed by atoms with E-state index in [4.69, 9.17) is 0 Å². The van der Waals surface area contributed by atoms with E-state index in [9.17, 15) is 5.11 Å². The topological polar surface area (TPSA) is 23.5 Å². The van der Waals surface area contributed by atoms with Gasteiger partial charge in [0, 0.05) is 13.1 Å². The first-order chi connectivity index (χ1) is 6.31. The van der Waals surface area contributed by atoms with Gasteiger partial charge in [-0.3, -0.25) is 0 Å². The zero-order chi connectivity index (χ0) is 10.8. The molecule has 0 unspecified atom stereocenters. The molecule has 14 heavy (non-hydrogen) atoms. The Labute approximate surface area is 88.3 Å². The van der Waals surface area contributed by atoms with E-state index in [1.54, 1.807) is 0 Å². The van der Waals surface area contributed by atoms with Crippen LogP contribution in [-0.2, 0) is 0 Å². The summed E-state index contributed by atoms with van der Waals surface area (Å²) < 4.78 is 0. The van der Waals surface area contributed by atoms with Crippen molar-refractivity contribution < 1.29 is 5.11 Å². The zero-order valence-electron chi connectivity index (χ0n) is 10.1. The molecule has 0 radical (unpaired) electrons. The van der Waals surface area contributed by atoms with Crippen molar-refractivity contribution in [3.05, 3.63) is 0 Å². The summed E-state index contributed by atoms with van der Waals surface area (Å²) in [5, 5.41) is 10.2. The Hall–Kier alpha value is -0.0800. The Morgan fingerprint density at radius 3 is 2.14 bits per heavy atom. The fourth-order valence-electron chi connectivity index (χ4n) is 2.56. The van der Waals surface area contributed by atoms with Gasteiger partial charge in [0.05, 0.1) is 5.60 Å². The summed E-state index contributed by atoms with van der Waals surface area (Å²) in [4.78, 5) is 2.27. The van der Waals surface area contributed by atoms with E-state index in [0.29, 0.717) is 5.41 Å². The van der Waals surface area contributed by atoms with Crippen LogP contribution in [0, 0.1) is 5.41 Å². The number of likely N-dealkylation sites (N-methyl/N-ethyl adjacent to an activating group) is 1. The molecular formula is C12H25NO. The zero-order valence-corrected chi connectivity index (χ0v) is 10.1. The van der Waals surface area contributed by atoms with Gasteiger partial charge < -0.3 is 10.0 Å². The second kappa shape index (κ2) is 4.19. The van der Waals surface area contributed by atoms with Crippen LogP contribution in [0.4, 0.5) is 0 Å². The lowest BCUT2D eigenvalue weighted by Gasteiger charge is -2.32. The molecule has 1 saturated carbocycles. The lowest BCUT2D eigenvalue weighted by atomic mass is 9.94. The lowest BCUT2D eigenvalue weighted by Crippen LogP contribution is -2.42. The lowest BCUT2D eigenvalue weighted by molar-refractivity contribution is 0.00941. The van der Waals surface area contributed by atoms with Gasteiger partial charge in [0.25, 0.3) is 0 Å². The van der Waals surface area contributed by atoms with Crippen LogP contribution in [-0.4, -0.2) is 35.7 Å². The van der Waals surface area contributed by atoms with Gasteiger partial charge in [-0.15, -0.1) is 0 Å². The van der Waals surface area contributed by atoms with Gasteiger partial charge in [-0.05, 0) is 25.3 Å². The van der Waals surface area contributed by atoms with Crippen molar-refractivity contribution in [2.24, 2.45) is 5.41 Å². The summed E-state index contributed by atoms with van der Waals surface area (Å²) in [6.45, 7) is 8.60. The molecule has 0 aliphatic heterocycles. The Balaban J connectivity index is 2.36. The van der Waals surface area contributed by atoms with Crippen LogP contribution < -0.4 is 0 Å². The third kappa shape index (κ3) is 3.97. The molecule has 84 valence electrons. The van der Waals surface area contributed by atoms with E-state index in [1.165, 1.54) is 12.8 Å². The van der Waals surface area contributed by atoms with Crippen LogP contribution in [0.2, 0.25) is 0 Å². The standard InChI is InChI=1S/C12H25NO/c1-11(2,3)9-13(4)10-12(14)7-5-6-8-12/h14H,5-10H2,1-4H3. The summed E-state index contributed by atoms with van der Waals surface area (Å²) in [6, 6.07) is 0. The van der Waals surface area contributed by atoms with Gasteiger partial charge in [-0.25, -0.2) is 0 Å². The van der Waals surface area contributed by atoms with Gasteiger partial charge in [0.2, 0.25) is 0 Å². The van der Waals surface area contributed by atoms with Gasteiger partial charge in [-0.2, -0.15) is 0 Å². The molecule has 1 fully saturated rings. The van der Waals surface area contributed by atoms with Gasteiger partial charge in [0.1, 0.15) is 0 Å². The molecule has 0 aromatic rings. The van der Waals surface area contributed by atoms with Crippen molar-refractivity contribution in [2.45, 2.75) is 52.1 Å². The molecular weight excluding hydrogens is 174 g/mol. The maximum absolute atomic E-state index is 10.2. The summed E-state index contributed by atoms with van der Waals surface area (Å²) >= 11 is 0. The Kier molecular flexibility index (Phi) is 3.59. The molecule has 0 aromatic carbocycles. The fraction of sp³-hybridized carbons (Fsp3) is 1.00. The summed E-state index contributed by atoms with van der Waals surface area (Å²) in [6.07, 6.45) is 4.36. The molecule has 0 atom stereocenters. The maximum Gasteiger partial charge on any atom is 0.0774 e. The summed E-state index contributed by atoms with van der Waals surface area (Å²) in [7, 11) is 2.11. The molecule has 0 amide bonds. The highest BCUT2D eigenvalue weighted by atomic mass is 16.3. The van der Waals surface area contributed by atoms with E-state index in [2.05, 4.69) is 32.7 Å². The Morgan fingerprint density at radius 1 is 1.21 bits per heavy atom. The van der Waals surface area contributed by atoms with Crippen molar-refractivity contribution in [1.29, 1.82) is 0 Å². The van der Waals surface area contributed by atoms with Gasteiger partial charge >= 0.3 is 0 Å². The van der Waals surface area contributed by atoms with Crippen LogP contribution in [0.3, 0.4) is 0 Å². The second-order valence-corrected chi connectivity index (χ2v) is 6.16. The normalized spacial score (nSPS) is 21.9. The molecule has 1 aliphatic rings. The average Bonchev–Trinajstić information content (AvgIpc) is 2.30. The predicted octanol–water partition coefficient (Wildman–Crippen LogP) is 2.27. The molecule has 2 nitrogen and oxygen atoms in total. The number of aliphatic hydroxyl groups is 1. The van der Waals surface area contributed by atoms with Gasteiger partial charge in [0.15, 0.2) is 0 Å². The average molecular weight is 199 g/mol. The molecule has 1 aliphatic carbocycles. The van der Waals surface area contributed by atoms with Crippen LogP contribution in [0.5, 0.6) is 0 Å². The summed E-state index contributed by atoms with van der Waals surface area (Å²) in [5.41, 5.74) is -0.0658. The first-order valence-corrected chi connectivity index (χ1v) is 5.72. The third-order valence-corrected chi connectivity index (χ3v) is 2.84. The highest BCUT2D eigenvalue weighted by Crippen LogP contribution is 2.30. The second-order valence-electron chi connectivity index (χ2n) is 6.16. The van der Waals surface area contributed by atoms with Crippen LogP contribution >= 0.6 is 0 Å². The Bertz CT molecular complexity index is 177. The van der Waals surface area contributed by atoms with Crippen molar-refractivity contribution in [3.63, 3.8) is 0 Å². The van der Waals surface area contributed by atoms with Crippen LogP contribution in [0.1, 0.15) is 46.5 Å². The van der Waals surface area contributed by atoms with E-state index in [-0.39, 0.29) is 5.60 Å². The fourth-order valence-corrected chi connectivity index (χ4v) is 2.56. The molecule has 2 heteroatoms. The van der Waals surface area contributed by atoms with Crippen molar-refractivity contribution >= 4 is 0 Å². The smallest absolute Gasteiger partial charge is 0.0774 e. The van der Waals surface area contributed by atoms with Crippen LogP contribution in [0.25, 0.3) is 0 Å². The van der Waals surface area contributed by atoms with Crippen molar-refractivity contribution in [3.8, 4) is 0 Å². The quantitative estimate of drug-likeness (QED) is 0.753. The largest absolute Gasteiger partial charge is 0.389 e. The van der Waals surface area contributed by atoms with E-state index in [1.807, 2.05) is 0 Å². The Morgan fingerprint density at radius 2 is 1.71 bits per heavy atom. The monoisotopic (exact) mass is 199 g/mol. The summed E-state index contributed by atoms with van der Waals surface area (Å²) in [5.74, 6) is 0. The minimum Gasteiger partial charge on any atom is -0.389 e. The minimum absolute atomic E-state index is 0.323. The molecule has 1 rings (SSSR count). The number of hydrogen-bond donors (Lipinski definition) is 1. The van der Waals surface area contributed by atoms with E-state index < -0.39 is 0 Å².